The van der Waals surface area contributed by atoms with Crippen LogP contribution in [-0.2, 0) is 4.79 Å². The highest BCUT2D eigenvalue weighted by Gasteiger charge is 2.33. The largest absolute Gasteiger partial charge is 0.484 e. The Hall–Kier alpha value is -2.63. The zero-order valence-electron chi connectivity index (χ0n) is 14.9. The third kappa shape index (κ3) is 3.73. The first-order chi connectivity index (χ1) is 12.0. The second kappa shape index (κ2) is 7.09. The van der Waals surface area contributed by atoms with Gasteiger partial charge in [0.1, 0.15) is 5.75 Å². The first-order valence-corrected chi connectivity index (χ1v) is 8.54. The molecule has 0 N–H and O–H groups in total. The second-order valence-electron chi connectivity index (χ2n) is 6.41. The lowest BCUT2D eigenvalue weighted by Crippen LogP contribution is -2.52. The number of rotatable bonds is 6. The SMILES string of the molecule is CCC(=O)c1ccc(OCC(=O)N2CC(n3nc(C)cc3C)C2)cc1. The Morgan fingerprint density at radius 2 is 1.88 bits per heavy atom. The minimum atomic E-state index is -0.0357. The number of ketones is 1. The summed E-state index contributed by atoms with van der Waals surface area (Å²) in [5.41, 5.74) is 2.78. The molecule has 2 aromatic rings. The lowest BCUT2D eigenvalue weighted by Gasteiger charge is -2.39. The number of carbonyl (C=O) groups excluding carboxylic acids is 2. The first-order valence-electron chi connectivity index (χ1n) is 8.54. The Kier molecular flexibility index (Phi) is 4.88. The molecule has 2 heterocycles. The fraction of sp³-hybridized carbons (Fsp3) is 0.421. The van der Waals surface area contributed by atoms with Gasteiger partial charge in [-0.3, -0.25) is 14.3 Å². The molecule has 0 unspecified atom stereocenters. The van der Waals surface area contributed by atoms with E-state index in [2.05, 4.69) is 5.10 Å². The summed E-state index contributed by atoms with van der Waals surface area (Å²) in [7, 11) is 0. The predicted octanol–water partition coefficient (Wildman–Crippen LogP) is 2.55. The van der Waals surface area contributed by atoms with E-state index < -0.39 is 0 Å². The molecule has 1 saturated heterocycles. The number of hydrogen-bond acceptors (Lipinski definition) is 4. The Bertz CT molecular complexity index is 774. The van der Waals surface area contributed by atoms with Gasteiger partial charge in [-0.05, 0) is 44.2 Å². The Balaban J connectivity index is 1.48. The molecule has 0 radical (unpaired) electrons. The number of amides is 1. The van der Waals surface area contributed by atoms with Crippen molar-refractivity contribution in [3.63, 3.8) is 0 Å². The average Bonchev–Trinajstić information content (AvgIpc) is 2.89. The summed E-state index contributed by atoms with van der Waals surface area (Å²) in [6.45, 7) is 7.16. The van der Waals surface area contributed by atoms with Crippen LogP contribution >= 0.6 is 0 Å². The molecule has 1 aliphatic heterocycles. The van der Waals surface area contributed by atoms with Gasteiger partial charge in [-0.1, -0.05) is 6.92 Å². The highest BCUT2D eigenvalue weighted by atomic mass is 16.5. The standard InChI is InChI=1S/C19H23N3O3/c1-4-18(23)15-5-7-17(8-6-15)25-12-19(24)21-10-16(11-21)22-14(3)9-13(2)20-22/h5-9,16H,4,10-12H2,1-3H3. The number of hydrogen-bond donors (Lipinski definition) is 0. The van der Waals surface area contributed by atoms with Crippen molar-refractivity contribution in [1.29, 1.82) is 0 Å². The Morgan fingerprint density at radius 1 is 1.20 bits per heavy atom. The van der Waals surface area contributed by atoms with E-state index in [1.165, 1.54) is 0 Å². The molecule has 3 rings (SSSR count). The van der Waals surface area contributed by atoms with E-state index in [-0.39, 0.29) is 24.3 Å². The fourth-order valence-corrected chi connectivity index (χ4v) is 3.01. The molecule has 0 saturated carbocycles. The maximum atomic E-state index is 12.2. The molecule has 0 bridgehead atoms. The van der Waals surface area contributed by atoms with Crippen molar-refractivity contribution in [2.45, 2.75) is 33.2 Å². The van der Waals surface area contributed by atoms with Gasteiger partial charge in [-0.15, -0.1) is 0 Å². The first kappa shape index (κ1) is 17.2. The maximum absolute atomic E-state index is 12.2. The lowest BCUT2D eigenvalue weighted by atomic mass is 10.1. The summed E-state index contributed by atoms with van der Waals surface area (Å²) in [5.74, 6) is 0.654. The van der Waals surface area contributed by atoms with Crippen LogP contribution in [0, 0.1) is 13.8 Å². The van der Waals surface area contributed by atoms with Crippen molar-refractivity contribution in [3.05, 3.63) is 47.3 Å². The van der Waals surface area contributed by atoms with Crippen LogP contribution in [0.1, 0.15) is 41.1 Å². The number of aryl methyl sites for hydroxylation is 2. The van der Waals surface area contributed by atoms with Gasteiger partial charge in [0.05, 0.1) is 11.7 Å². The molecule has 132 valence electrons. The van der Waals surface area contributed by atoms with Crippen molar-refractivity contribution in [2.24, 2.45) is 0 Å². The van der Waals surface area contributed by atoms with Crippen LogP contribution in [0.4, 0.5) is 0 Å². The van der Waals surface area contributed by atoms with Crippen molar-refractivity contribution in [3.8, 4) is 5.75 Å². The highest BCUT2D eigenvalue weighted by molar-refractivity contribution is 5.95. The molecule has 6 heteroatoms. The average molecular weight is 341 g/mol. The topological polar surface area (TPSA) is 64.4 Å². The molecule has 1 fully saturated rings. The monoisotopic (exact) mass is 341 g/mol. The third-order valence-corrected chi connectivity index (χ3v) is 4.47. The van der Waals surface area contributed by atoms with Gasteiger partial charge in [-0.2, -0.15) is 5.10 Å². The summed E-state index contributed by atoms with van der Waals surface area (Å²) in [4.78, 5) is 25.6. The second-order valence-corrected chi connectivity index (χ2v) is 6.41. The molecule has 0 aliphatic carbocycles. The van der Waals surface area contributed by atoms with Crippen LogP contribution in [0.5, 0.6) is 5.75 Å². The molecular formula is C19H23N3O3. The number of carbonyl (C=O) groups is 2. The van der Waals surface area contributed by atoms with E-state index in [1.807, 2.05) is 31.5 Å². The number of ether oxygens (including phenoxy) is 1. The molecule has 0 spiro atoms. The number of likely N-dealkylation sites (tertiary alicyclic amines) is 1. The molecule has 1 aromatic heterocycles. The van der Waals surface area contributed by atoms with E-state index >= 15 is 0 Å². The van der Waals surface area contributed by atoms with Crippen LogP contribution in [0.3, 0.4) is 0 Å². The predicted molar refractivity (Wildman–Crippen MR) is 93.9 cm³/mol. The van der Waals surface area contributed by atoms with Crippen molar-refractivity contribution >= 4 is 11.7 Å². The minimum absolute atomic E-state index is 0.00487. The van der Waals surface area contributed by atoms with Gasteiger partial charge in [0.25, 0.3) is 5.91 Å². The summed E-state index contributed by atoms with van der Waals surface area (Å²) in [6, 6.07) is 9.20. The zero-order chi connectivity index (χ0) is 18.0. The normalized spacial score (nSPS) is 14.3. The molecule has 6 nitrogen and oxygen atoms in total. The van der Waals surface area contributed by atoms with Crippen LogP contribution in [-0.4, -0.2) is 46.1 Å². The number of benzene rings is 1. The van der Waals surface area contributed by atoms with Crippen molar-refractivity contribution < 1.29 is 14.3 Å². The van der Waals surface area contributed by atoms with Gasteiger partial charge in [0.2, 0.25) is 0 Å². The van der Waals surface area contributed by atoms with Crippen molar-refractivity contribution in [2.75, 3.05) is 19.7 Å². The summed E-state index contributed by atoms with van der Waals surface area (Å²) in [5, 5.41) is 4.47. The Morgan fingerprint density at radius 3 is 2.44 bits per heavy atom. The summed E-state index contributed by atoms with van der Waals surface area (Å²) >= 11 is 0. The number of aromatic nitrogens is 2. The van der Waals surface area contributed by atoms with E-state index in [1.54, 1.807) is 29.2 Å². The zero-order valence-corrected chi connectivity index (χ0v) is 14.9. The smallest absolute Gasteiger partial charge is 0.260 e. The van der Waals surface area contributed by atoms with E-state index in [4.69, 9.17) is 4.74 Å². The van der Waals surface area contributed by atoms with Crippen LogP contribution in [0.2, 0.25) is 0 Å². The quantitative estimate of drug-likeness (QED) is 0.758. The highest BCUT2D eigenvalue weighted by Crippen LogP contribution is 2.23. The molecule has 1 aliphatic rings. The molecular weight excluding hydrogens is 318 g/mol. The molecule has 1 amide bonds. The molecule has 0 atom stereocenters. The number of Topliss-reactive ketones (excluding diaryl/α,β-unsaturated/α-hetero) is 1. The fourth-order valence-electron chi connectivity index (χ4n) is 3.01. The van der Waals surface area contributed by atoms with Crippen molar-refractivity contribution in [1.82, 2.24) is 14.7 Å². The van der Waals surface area contributed by atoms with E-state index in [0.29, 0.717) is 30.8 Å². The number of nitrogens with zero attached hydrogens (tertiary/aromatic N) is 3. The Labute approximate surface area is 147 Å². The van der Waals surface area contributed by atoms with Gasteiger partial charge in [0, 0.05) is 30.8 Å². The van der Waals surface area contributed by atoms with Gasteiger partial charge in [-0.25, -0.2) is 0 Å². The van der Waals surface area contributed by atoms with Crippen LogP contribution in [0.25, 0.3) is 0 Å². The summed E-state index contributed by atoms with van der Waals surface area (Å²) in [6.07, 6.45) is 0.476. The third-order valence-electron chi connectivity index (χ3n) is 4.47. The molecule has 25 heavy (non-hydrogen) atoms. The van der Waals surface area contributed by atoms with Gasteiger partial charge in [0.15, 0.2) is 12.4 Å². The van der Waals surface area contributed by atoms with Crippen LogP contribution < -0.4 is 4.74 Å². The molecule has 1 aromatic carbocycles. The van der Waals surface area contributed by atoms with Gasteiger partial charge >= 0.3 is 0 Å². The van der Waals surface area contributed by atoms with Crippen LogP contribution in [0.15, 0.2) is 30.3 Å². The van der Waals surface area contributed by atoms with E-state index in [9.17, 15) is 9.59 Å². The maximum Gasteiger partial charge on any atom is 0.260 e. The van der Waals surface area contributed by atoms with Gasteiger partial charge < -0.3 is 9.64 Å². The summed E-state index contributed by atoms with van der Waals surface area (Å²) < 4.78 is 7.53. The minimum Gasteiger partial charge on any atom is -0.484 e. The lowest BCUT2D eigenvalue weighted by molar-refractivity contribution is -0.139. The van der Waals surface area contributed by atoms with E-state index in [0.717, 1.165) is 11.4 Å².